The molecule has 2 heterocycles. The Morgan fingerprint density at radius 3 is 2.70 bits per heavy atom. The van der Waals surface area contributed by atoms with Crippen molar-refractivity contribution in [2.75, 3.05) is 6.54 Å². The summed E-state index contributed by atoms with van der Waals surface area (Å²) in [5, 5.41) is 11.2. The van der Waals surface area contributed by atoms with E-state index in [2.05, 4.69) is 15.4 Å². The Hall–Kier alpha value is -2.18. The molecule has 0 saturated carbocycles. The molecule has 1 N–H and O–H groups in total. The first-order valence-electron chi connectivity index (χ1n) is 8.92. The van der Waals surface area contributed by atoms with Crippen LogP contribution in [-0.2, 0) is 11.2 Å². The van der Waals surface area contributed by atoms with Gasteiger partial charge in [0.15, 0.2) is 0 Å². The molecule has 5 nitrogen and oxygen atoms in total. The molecular formula is C20H23ClN4OS. The molecule has 0 aliphatic rings. The van der Waals surface area contributed by atoms with Crippen molar-refractivity contribution in [2.45, 2.75) is 39.7 Å². The summed E-state index contributed by atoms with van der Waals surface area (Å²) in [6.07, 6.45) is 1.13. The zero-order valence-electron chi connectivity index (χ0n) is 15.7. The topological polar surface area (TPSA) is 59.8 Å². The zero-order valence-corrected chi connectivity index (χ0v) is 17.3. The van der Waals surface area contributed by atoms with Crippen molar-refractivity contribution in [3.8, 4) is 11.3 Å². The van der Waals surface area contributed by atoms with E-state index in [0.717, 1.165) is 34.1 Å². The second-order valence-electron chi connectivity index (χ2n) is 6.66. The smallest absolute Gasteiger partial charge is 0.222 e. The van der Waals surface area contributed by atoms with Crippen LogP contribution in [-0.4, -0.2) is 27.2 Å². The third-order valence-electron chi connectivity index (χ3n) is 4.30. The van der Waals surface area contributed by atoms with E-state index in [1.165, 1.54) is 0 Å². The fraction of sp³-hybridized carbons (Fsp3) is 0.350. The van der Waals surface area contributed by atoms with Crippen LogP contribution in [0.1, 0.15) is 35.8 Å². The molecule has 142 valence electrons. The van der Waals surface area contributed by atoms with E-state index in [-0.39, 0.29) is 11.9 Å². The van der Waals surface area contributed by atoms with Crippen molar-refractivity contribution in [2.24, 2.45) is 0 Å². The predicted octanol–water partition coefficient (Wildman–Crippen LogP) is 4.59. The predicted molar refractivity (Wildman–Crippen MR) is 110 cm³/mol. The van der Waals surface area contributed by atoms with Crippen LogP contribution < -0.4 is 5.32 Å². The Kier molecular flexibility index (Phi) is 6.29. The van der Waals surface area contributed by atoms with Gasteiger partial charge in [-0.05, 0) is 39.0 Å². The second-order valence-corrected chi connectivity index (χ2v) is 8.04. The highest BCUT2D eigenvalue weighted by atomic mass is 35.5. The van der Waals surface area contributed by atoms with Crippen molar-refractivity contribution >= 4 is 28.8 Å². The average Bonchev–Trinajstić information content (AvgIpc) is 3.22. The number of thiazole rings is 1. The molecule has 0 aliphatic heterocycles. The summed E-state index contributed by atoms with van der Waals surface area (Å²) in [5.41, 5.74) is 4.03. The van der Waals surface area contributed by atoms with Crippen LogP contribution in [0.15, 0.2) is 35.7 Å². The van der Waals surface area contributed by atoms with E-state index in [9.17, 15) is 4.79 Å². The zero-order chi connectivity index (χ0) is 19.4. The minimum Gasteiger partial charge on any atom is -0.356 e. The summed E-state index contributed by atoms with van der Waals surface area (Å²) in [7, 11) is 0. The molecule has 2 aromatic heterocycles. The minimum absolute atomic E-state index is 0.0320. The number of hydrogen-bond acceptors (Lipinski definition) is 4. The van der Waals surface area contributed by atoms with E-state index in [1.54, 1.807) is 11.3 Å². The fourth-order valence-electron chi connectivity index (χ4n) is 3.01. The van der Waals surface area contributed by atoms with E-state index in [0.29, 0.717) is 18.0 Å². The maximum atomic E-state index is 12.2. The van der Waals surface area contributed by atoms with Gasteiger partial charge < -0.3 is 5.32 Å². The number of carbonyl (C=O) groups is 1. The monoisotopic (exact) mass is 402 g/mol. The molecule has 1 amide bonds. The first-order valence-corrected chi connectivity index (χ1v) is 10.2. The number of nitrogens with one attached hydrogen (secondary N) is 1. The van der Waals surface area contributed by atoms with Gasteiger partial charge in [-0.3, -0.25) is 9.48 Å². The van der Waals surface area contributed by atoms with Gasteiger partial charge in [-0.15, -0.1) is 11.3 Å². The molecule has 0 unspecified atom stereocenters. The number of benzene rings is 1. The number of aromatic nitrogens is 3. The third-order valence-corrected chi connectivity index (χ3v) is 5.46. The van der Waals surface area contributed by atoms with Gasteiger partial charge in [-0.1, -0.05) is 23.7 Å². The Morgan fingerprint density at radius 1 is 1.30 bits per heavy atom. The van der Waals surface area contributed by atoms with Crippen LogP contribution in [0.25, 0.3) is 11.3 Å². The number of nitrogens with zero attached hydrogens (tertiary/aromatic N) is 3. The Morgan fingerprint density at radius 2 is 2.04 bits per heavy atom. The molecule has 3 aromatic rings. The number of amides is 1. The normalized spacial score (nSPS) is 12.1. The van der Waals surface area contributed by atoms with Gasteiger partial charge >= 0.3 is 0 Å². The summed E-state index contributed by atoms with van der Waals surface area (Å²) in [5.74, 6) is 0.0320. The number of carbonyl (C=O) groups excluding carboxylic acids is 1. The lowest BCUT2D eigenvalue weighted by Crippen LogP contribution is -2.28. The summed E-state index contributed by atoms with van der Waals surface area (Å²) in [6, 6.07) is 9.71. The van der Waals surface area contributed by atoms with Crippen molar-refractivity contribution in [1.29, 1.82) is 0 Å². The quantitative estimate of drug-likeness (QED) is 0.628. The van der Waals surface area contributed by atoms with E-state index in [1.807, 2.05) is 61.2 Å². The lowest BCUT2D eigenvalue weighted by Gasteiger charge is -2.14. The van der Waals surface area contributed by atoms with Gasteiger partial charge in [0.2, 0.25) is 5.91 Å². The SMILES string of the molecule is Cc1cc(C)n([C@@H](C)CC(=O)NCCc2nc(-c3ccc(Cl)cc3)cs2)n1. The van der Waals surface area contributed by atoms with Crippen LogP contribution in [0, 0.1) is 13.8 Å². The summed E-state index contributed by atoms with van der Waals surface area (Å²) in [6.45, 7) is 6.56. The van der Waals surface area contributed by atoms with E-state index in [4.69, 9.17) is 11.6 Å². The maximum absolute atomic E-state index is 12.2. The maximum Gasteiger partial charge on any atom is 0.222 e. The van der Waals surface area contributed by atoms with Crippen molar-refractivity contribution in [3.05, 3.63) is 57.1 Å². The number of aryl methyl sites for hydroxylation is 2. The van der Waals surface area contributed by atoms with Gasteiger partial charge in [-0.2, -0.15) is 5.10 Å². The van der Waals surface area contributed by atoms with Crippen LogP contribution in [0.2, 0.25) is 5.02 Å². The van der Waals surface area contributed by atoms with Crippen molar-refractivity contribution < 1.29 is 4.79 Å². The number of hydrogen-bond donors (Lipinski definition) is 1. The molecule has 0 saturated heterocycles. The van der Waals surface area contributed by atoms with E-state index >= 15 is 0 Å². The van der Waals surface area contributed by atoms with Gasteiger partial charge in [-0.25, -0.2) is 4.98 Å². The molecule has 0 aliphatic carbocycles. The average molecular weight is 403 g/mol. The number of halogens is 1. The van der Waals surface area contributed by atoms with Crippen molar-refractivity contribution in [1.82, 2.24) is 20.1 Å². The van der Waals surface area contributed by atoms with Gasteiger partial charge in [0.25, 0.3) is 0 Å². The lowest BCUT2D eigenvalue weighted by molar-refractivity contribution is -0.121. The van der Waals surface area contributed by atoms with Crippen LogP contribution in [0.5, 0.6) is 0 Å². The molecule has 0 bridgehead atoms. The Labute approximate surface area is 168 Å². The first kappa shape index (κ1) is 19.6. The minimum atomic E-state index is 0.0320. The summed E-state index contributed by atoms with van der Waals surface area (Å²) in [4.78, 5) is 16.9. The van der Waals surface area contributed by atoms with E-state index < -0.39 is 0 Å². The first-order chi connectivity index (χ1) is 12.9. The number of rotatable bonds is 7. The summed E-state index contributed by atoms with van der Waals surface area (Å²) < 4.78 is 1.91. The highest BCUT2D eigenvalue weighted by Crippen LogP contribution is 2.23. The van der Waals surface area contributed by atoms with Crippen LogP contribution in [0.4, 0.5) is 0 Å². The lowest BCUT2D eigenvalue weighted by atomic mass is 10.2. The third kappa shape index (κ3) is 5.17. The molecule has 1 aromatic carbocycles. The molecule has 0 radical (unpaired) electrons. The molecule has 27 heavy (non-hydrogen) atoms. The Bertz CT molecular complexity index is 916. The highest BCUT2D eigenvalue weighted by Gasteiger charge is 2.14. The van der Waals surface area contributed by atoms with Crippen LogP contribution >= 0.6 is 22.9 Å². The van der Waals surface area contributed by atoms with Gasteiger partial charge in [0, 0.05) is 41.0 Å². The van der Waals surface area contributed by atoms with Crippen molar-refractivity contribution in [3.63, 3.8) is 0 Å². The fourth-order valence-corrected chi connectivity index (χ4v) is 3.94. The molecule has 7 heteroatoms. The summed E-state index contributed by atoms with van der Waals surface area (Å²) >= 11 is 7.53. The van der Waals surface area contributed by atoms with Gasteiger partial charge in [0.05, 0.1) is 22.4 Å². The molecule has 3 rings (SSSR count). The Balaban J connectivity index is 1.47. The highest BCUT2D eigenvalue weighted by molar-refractivity contribution is 7.09. The molecule has 1 atom stereocenters. The molecule has 0 spiro atoms. The van der Waals surface area contributed by atoms with Crippen LogP contribution in [0.3, 0.4) is 0 Å². The largest absolute Gasteiger partial charge is 0.356 e. The second kappa shape index (κ2) is 8.67. The standard InChI is InChI=1S/C20H23ClN4OS/c1-13-10-14(2)25(24-13)15(3)11-19(26)22-9-8-20-23-18(12-27-20)16-4-6-17(21)7-5-16/h4-7,10,12,15H,8-9,11H2,1-3H3,(H,22,26)/t15-/m0/s1. The van der Waals surface area contributed by atoms with Gasteiger partial charge in [0.1, 0.15) is 0 Å². The molecule has 0 fully saturated rings. The molecular weight excluding hydrogens is 380 g/mol.